The van der Waals surface area contributed by atoms with Crippen molar-refractivity contribution in [3.8, 4) is 0 Å². The summed E-state index contributed by atoms with van der Waals surface area (Å²) in [7, 11) is 0. The van der Waals surface area contributed by atoms with Gasteiger partial charge in [-0.1, -0.05) is 12.2 Å². The molecule has 7 heteroatoms. The number of ether oxygens (including phenoxy) is 1. The molecule has 6 atom stereocenters. The van der Waals surface area contributed by atoms with Crippen molar-refractivity contribution in [2.45, 2.75) is 101 Å². The lowest BCUT2D eigenvalue weighted by Gasteiger charge is -2.41. The predicted molar refractivity (Wildman–Crippen MR) is 104 cm³/mol. The average molecular weight is 391 g/mol. The van der Waals surface area contributed by atoms with Gasteiger partial charge in [0.2, 0.25) is 0 Å². The van der Waals surface area contributed by atoms with Crippen LogP contribution in [0.3, 0.4) is 0 Å². The van der Waals surface area contributed by atoms with Gasteiger partial charge >= 0.3 is 0 Å². The zero-order valence-electron chi connectivity index (χ0n) is 17.4. The van der Waals surface area contributed by atoms with Gasteiger partial charge in [0, 0.05) is 12.8 Å². The minimum Gasteiger partial charge on any atom is -0.390 e. The van der Waals surface area contributed by atoms with E-state index in [2.05, 4.69) is 13.2 Å². The summed E-state index contributed by atoms with van der Waals surface area (Å²) in [5, 5.41) is 61.8. The van der Waals surface area contributed by atoms with Gasteiger partial charge in [0.15, 0.2) is 0 Å². The van der Waals surface area contributed by atoms with E-state index in [4.69, 9.17) is 4.74 Å². The minimum atomic E-state index is -1.59. The van der Waals surface area contributed by atoms with Crippen LogP contribution in [0.4, 0.5) is 0 Å². The van der Waals surface area contributed by atoms with E-state index in [1.165, 1.54) is 53.7 Å². The maximum Gasteiger partial charge on any atom is 0.106 e. The molecule has 0 aromatic rings. The van der Waals surface area contributed by atoms with Crippen LogP contribution in [-0.2, 0) is 4.74 Å². The summed E-state index contributed by atoms with van der Waals surface area (Å²) in [6.07, 6.45) is -2.46. The monoisotopic (exact) mass is 390 g/mol. The highest BCUT2D eigenvalue weighted by Gasteiger charge is 2.42. The van der Waals surface area contributed by atoms with E-state index in [0.29, 0.717) is 0 Å². The summed E-state index contributed by atoms with van der Waals surface area (Å²) in [6, 6.07) is 0. The molecule has 0 radical (unpaired) electrons. The van der Waals surface area contributed by atoms with Crippen LogP contribution in [-0.4, -0.2) is 77.5 Å². The summed E-state index contributed by atoms with van der Waals surface area (Å²) in [5.74, 6) is 0. The second-order valence-electron chi connectivity index (χ2n) is 8.78. The number of hydrogen-bond acceptors (Lipinski definition) is 7. The smallest absolute Gasteiger partial charge is 0.106 e. The molecule has 0 heterocycles. The highest BCUT2D eigenvalue weighted by molar-refractivity contribution is 5.01. The summed E-state index contributed by atoms with van der Waals surface area (Å²) in [4.78, 5) is 0. The van der Waals surface area contributed by atoms with E-state index in [-0.39, 0.29) is 12.8 Å². The van der Waals surface area contributed by atoms with Gasteiger partial charge < -0.3 is 35.4 Å². The SMILES string of the molecule is C=CC(C)(O)C(O)CC(OC(CC(O)C(C)(O)C=C)C(C)(C)O)C(C)(C)O. The molecule has 0 aliphatic carbocycles. The van der Waals surface area contributed by atoms with Crippen LogP contribution >= 0.6 is 0 Å². The molecular weight excluding hydrogens is 352 g/mol. The average Bonchev–Trinajstić information content (AvgIpc) is 2.50. The molecule has 0 spiro atoms. The van der Waals surface area contributed by atoms with Gasteiger partial charge in [-0.05, 0) is 41.5 Å². The van der Waals surface area contributed by atoms with Crippen LogP contribution in [0, 0.1) is 0 Å². The number of rotatable bonds is 12. The van der Waals surface area contributed by atoms with Gasteiger partial charge in [-0.25, -0.2) is 0 Å². The fraction of sp³-hybridized carbons (Fsp3) is 0.800. The number of aliphatic hydroxyl groups excluding tert-OH is 2. The molecule has 0 rings (SSSR count). The van der Waals surface area contributed by atoms with Gasteiger partial charge in [0.1, 0.15) is 11.2 Å². The molecule has 160 valence electrons. The molecule has 0 aromatic carbocycles. The highest BCUT2D eigenvalue weighted by atomic mass is 16.5. The van der Waals surface area contributed by atoms with E-state index in [9.17, 15) is 30.6 Å². The second kappa shape index (κ2) is 9.13. The Bertz CT molecular complexity index is 442. The van der Waals surface area contributed by atoms with Crippen molar-refractivity contribution in [1.82, 2.24) is 0 Å². The molecule has 0 saturated heterocycles. The van der Waals surface area contributed by atoms with Crippen molar-refractivity contribution in [3.05, 3.63) is 25.3 Å². The van der Waals surface area contributed by atoms with Crippen molar-refractivity contribution in [2.24, 2.45) is 0 Å². The number of hydrogen-bond donors (Lipinski definition) is 6. The van der Waals surface area contributed by atoms with E-state index in [1.54, 1.807) is 0 Å². The van der Waals surface area contributed by atoms with Gasteiger partial charge in [0.05, 0.1) is 35.6 Å². The molecule has 6 unspecified atom stereocenters. The Morgan fingerprint density at radius 1 is 0.704 bits per heavy atom. The zero-order valence-corrected chi connectivity index (χ0v) is 17.4. The first-order valence-electron chi connectivity index (χ1n) is 9.06. The Morgan fingerprint density at radius 3 is 1.15 bits per heavy atom. The van der Waals surface area contributed by atoms with E-state index >= 15 is 0 Å². The molecule has 0 aliphatic rings. The maximum absolute atomic E-state index is 10.5. The van der Waals surface area contributed by atoms with Crippen LogP contribution in [0.2, 0.25) is 0 Å². The van der Waals surface area contributed by atoms with Crippen molar-refractivity contribution < 1.29 is 35.4 Å². The lowest BCUT2D eigenvalue weighted by molar-refractivity contribution is -0.196. The van der Waals surface area contributed by atoms with E-state index < -0.39 is 46.8 Å². The molecule has 6 N–H and O–H groups in total. The topological polar surface area (TPSA) is 131 Å². The third kappa shape index (κ3) is 7.99. The highest BCUT2D eigenvalue weighted by Crippen LogP contribution is 2.30. The van der Waals surface area contributed by atoms with Gasteiger partial charge in [-0.15, -0.1) is 13.2 Å². The molecule has 0 bridgehead atoms. The Kier molecular flexibility index (Phi) is 8.86. The first-order valence-corrected chi connectivity index (χ1v) is 9.06. The summed E-state index contributed by atoms with van der Waals surface area (Å²) in [5.41, 5.74) is -6.03. The fourth-order valence-electron chi connectivity index (χ4n) is 2.37. The molecule has 7 nitrogen and oxygen atoms in total. The van der Waals surface area contributed by atoms with Crippen LogP contribution in [0.15, 0.2) is 25.3 Å². The first-order chi connectivity index (χ1) is 11.9. The Morgan fingerprint density at radius 2 is 0.963 bits per heavy atom. The first kappa shape index (κ1) is 26.2. The predicted octanol–water partition coefficient (Wildman–Crippen LogP) is 0.658. The molecule has 0 aromatic heterocycles. The Balaban J connectivity index is 5.59. The van der Waals surface area contributed by atoms with Crippen LogP contribution < -0.4 is 0 Å². The Labute approximate surface area is 162 Å². The number of aliphatic hydroxyl groups is 6. The lowest BCUT2D eigenvalue weighted by Crippen LogP contribution is -2.52. The standard InChI is InChI=1S/C20H38O7/c1-9-19(7,25)13(21)11-15(17(3,4)23)27-16(18(5,6)24)12-14(22)20(8,26)10-2/h9-10,13-16,21-26H,1-2,11-12H2,3-8H3. The third-order valence-electron chi connectivity index (χ3n) is 4.95. The zero-order chi connectivity index (χ0) is 21.8. The molecule has 0 saturated carbocycles. The van der Waals surface area contributed by atoms with E-state index in [1.807, 2.05) is 0 Å². The van der Waals surface area contributed by atoms with Gasteiger partial charge in [-0.3, -0.25) is 0 Å². The van der Waals surface area contributed by atoms with Crippen LogP contribution in [0.5, 0.6) is 0 Å². The largest absolute Gasteiger partial charge is 0.390 e. The normalized spacial score (nSPS) is 22.1. The molecule has 0 fully saturated rings. The quantitative estimate of drug-likeness (QED) is 0.270. The third-order valence-corrected chi connectivity index (χ3v) is 4.95. The van der Waals surface area contributed by atoms with Crippen molar-refractivity contribution >= 4 is 0 Å². The summed E-state index contributed by atoms with van der Waals surface area (Å²) in [6.45, 7) is 15.6. The van der Waals surface area contributed by atoms with E-state index in [0.717, 1.165) is 0 Å². The maximum atomic E-state index is 10.5. The van der Waals surface area contributed by atoms with Crippen molar-refractivity contribution in [1.29, 1.82) is 0 Å². The van der Waals surface area contributed by atoms with Gasteiger partial charge in [0.25, 0.3) is 0 Å². The molecule has 0 amide bonds. The summed E-state index contributed by atoms with van der Waals surface area (Å²) < 4.78 is 5.89. The van der Waals surface area contributed by atoms with Gasteiger partial charge in [-0.2, -0.15) is 0 Å². The van der Waals surface area contributed by atoms with Crippen LogP contribution in [0.1, 0.15) is 54.4 Å². The minimum absolute atomic E-state index is 0.150. The molecular formula is C20H38O7. The Hall–Kier alpha value is -0.800. The lowest BCUT2D eigenvalue weighted by atomic mass is 9.86. The summed E-state index contributed by atoms with van der Waals surface area (Å²) >= 11 is 0. The second-order valence-corrected chi connectivity index (χ2v) is 8.78. The van der Waals surface area contributed by atoms with Crippen molar-refractivity contribution in [2.75, 3.05) is 0 Å². The van der Waals surface area contributed by atoms with Crippen molar-refractivity contribution in [3.63, 3.8) is 0 Å². The molecule has 27 heavy (non-hydrogen) atoms. The van der Waals surface area contributed by atoms with Crippen LogP contribution in [0.25, 0.3) is 0 Å². The molecule has 0 aliphatic heterocycles. The fourth-order valence-corrected chi connectivity index (χ4v) is 2.37.